The molecule has 2 aliphatic carbocycles. The van der Waals surface area contributed by atoms with Gasteiger partial charge in [-0.2, -0.15) is 0 Å². The molecule has 0 aliphatic heterocycles. The van der Waals surface area contributed by atoms with Gasteiger partial charge in [0.25, 0.3) is 0 Å². The molecule has 0 bridgehead atoms. The molecule has 120 valence electrons. The second-order valence-corrected chi connectivity index (χ2v) is 4.73. The Bertz CT molecular complexity index is 131. The third-order valence-electron chi connectivity index (χ3n) is 2.65. The summed E-state index contributed by atoms with van der Waals surface area (Å²) in [7, 11) is 0. The third-order valence-corrected chi connectivity index (χ3v) is 2.65. The molecule has 0 aromatic heterocycles. The highest BCUT2D eigenvalue weighted by Gasteiger charge is 2.09. The van der Waals surface area contributed by atoms with Gasteiger partial charge in [-0.1, -0.05) is 101 Å². The molecule has 19 heavy (non-hydrogen) atoms. The molecule has 0 spiro atoms. The fourth-order valence-corrected chi connectivity index (χ4v) is 1.40. The van der Waals surface area contributed by atoms with Crippen LogP contribution in [0, 0.1) is 11.8 Å². The molecule has 1 saturated carbocycles. The Hall–Kier alpha value is -0.260. The van der Waals surface area contributed by atoms with E-state index in [-0.39, 0.29) is 7.43 Å². The summed E-state index contributed by atoms with van der Waals surface area (Å²) >= 11 is 0. The number of hydrogen-bond donors (Lipinski definition) is 0. The topological polar surface area (TPSA) is 0 Å². The fourth-order valence-electron chi connectivity index (χ4n) is 1.40. The average Bonchev–Trinajstić information content (AvgIpc) is 2.85. The van der Waals surface area contributed by atoms with Gasteiger partial charge >= 0.3 is 0 Å². The molecule has 0 radical (unpaired) electrons. The molecule has 1 fully saturated rings. The summed E-state index contributed by atoms with van der Waals surface area (Å²) in [5, 5.41) is 0. The van der Waals surface area contributed by atoms with E-state index in [1.54, 1.807) is 0 Å². The van der Waals surface area contributed by atoms with E-state index >= 15 is 0 Å². The van der Waals surface area contributed by atoms with E-state index in [2.05, 4.69) is 39.8 Å². The van der Waals surface area contributed by atoms with Crippen LogP contribution in [0.2, 0.25) is 0 Å². The van der Waals surface area contributed by atoms with E-state index in [1.807, 2.05) is 27.7 Å². The Morgan fingerprint density at radius 1 is 0.895 bits per heavy atom. The molecular formula is C19H44. The van der Waals surface area contributed by atoms with Crippen molar-refractivity contribution in [2.45, 2.75) is 101 Å². The van der Waals surface area contributed by atoms with Gasteiger partial charge in [0, 0.05) is 0 Å². The minimum Gasteiger partial charge on any atom is -0.0882 e. The van der Waals surface area contributed by atoms with Gasteiger partial charge in [0.2, 0.25) is 0 Å². The quantitative estimate of drug-likeness (QED) is 0.393. The predicted molar refractivity (Wildman–Crippen MR) is 95.9 cm³/mol. The lowest BCUT2D eigenvalue weighted by Crippen LogP contribution is -2.04. The molecule has 0 saturated heterocycles. The molecular weight excluding hydrogens is 228 g/mol. The van der Waals surface area contributed by atoms with E-state index in [9.17, 15) is 0 Å². The first kappa shape index (κ1) is 27.1. The maximum atomic E-state index is 2.31. The first-order chi connectivity index (χ1) is 8.70. The lowest BCUT2D eigenvalue weighted by atomic mass is 9.88. The lowest BCUT2D eigenvalue weighted by Gasteiger charge is -2.18. The highest BCUT2D eigenvalue weighted by Crippen LogP contribution is 2.24. The van der Waals surface area contributed by atoms with Crippen molar-refractivity contribution in [2.75, 3.05) is 0 Å². The van der Waals surface area contributed by atoms with Gasteiger partial charge in [-0.15, -0.1) is 0 Å². The van der Waals surface area contributed by atoms with E-state index in [0.717, 1.165) is 11.8 Å². The van der Waals surface area contributed by atoms with Gasteiger partial charge in [0.05, 0.1) is 0 Å². The Balaban J connectivity index is -0.0000000796. The normalized spacial score (nSPS) is 18.4. The van der Waals surface area contributed by atoms with E-state index in [0.29, 0.717) is 0 Å². The Kier molecular flexibility index (Phi) is 37.6. The summed E-state index contributed by atoms with van der Waals surface area (Å²) < 4.78 is 0. The largest absolute Gasteiger partial charge is 0.0882 e. The van der Waals surface area contributed by atoms with Crippen molar-refractivity contribution < 1.29 is 0 Å². The lowest BCUT2D eigenvalue weighted by molar-refractivity contribution is 0.346. The van der Waals surface area contributed by atoms with Gasteiger partial charge in [-0.05, 0) is 24.7 Å². The molecule has 0 amide bonds. The van der Waals surface area contributed by atoms with Crippen molar-refractivity contribution in [1.82, 2.24) is 0 Å². The highest BCUT2D eigenvalue weighted by atomic mass is 14.1. The van der Waals surface area contributed by atoms with Crippen molar-refractivity contribution in [1.29, 1.82) is 0 Å². The summed E-state index contributed by atoms with van der Waals surface area (Å²) in [6, 6.07) is 0. The molecule has 2 aliphatic rings. The van der Waals surface area contributed by atoms with Gasteiger partial charge in [0.1, 0.15) is 0 Å². The fraction of sp³-hybridized carbons (Fsp3) is 0.895. The van der Waals surface area contributed by atoms with E-state index in [4.69, 9.17) is 0 Å². The zero-order valence-electron chi connectivity index (χ0n) is 14.6. The standard InChI is InChI=1S/C6H10.C5H10.C3H8.2C2H6.CH4/c1-6-4-2-3-5-6;1-5-3-2-4-5;1-3-2;2*1-2;/h2,4,6H,3,5H2,1H3;5H,2-4H2,1H3;3H2,1-2H3;2*1-2H3;1H4. The monoisotopic (exact) mass is 272 g/mol. The van der Waals surface area contributed by atoms with Crippen LogP contribution in [0.5, 0.6) is 0 Å². The van der Waals surface area contributed by atoms with Crippen molar-refractivity contribution in [3.05, 3.63) is 12.2 Å². The Labute approximate surface area is 126 Å². The zero-order chi connectivity index (χ0) is 14.8. The maximum absolute atomic E-state index is 2.31. The number of hydrogen-bond acceptors (Lipinski definition) is 0. The molecule has 0 aromatic rings. The minimum absolute atomic E-state index is 0. The highest BCUT2D eigenvalue weighted by molar-refractivity contribution is 4.93. The predicted octanol–water partition coefficient (Wildman–Crippen LogP) is 7.88. The molecule has 2 rings (SSSR count). The van der Waals surface area contributed by atoms with Crippen LogP contribution in [0.25, 0.3) is 0 Å². The smallest absolute Gasteiger partial charge is 0.0259 e. The molecule has 1 unspecified atom stereocenters. The van der Waals surface area contributed by atoms with Crippen molar-refractivity contribution in [3.8, 4) is 0 Å². The summed E-state index contributed by atoms with van der Waals surface area (Å²) in [6.07, 6.45) is 12.9. The summed E-state index contributed by atoms with van der Waals surface area (Å²) in [4.78, 5) is 0. The first-order valence-electron chi connectivity index (χ1n) is 8.37. The number of allylic oxidation sites excluding steroid dienone is 2. The summed E-state index contributed by atoms with van der Waals surface area (Å²) in [5.41, 5.74) is 0. The van der Waals surface area contributed by atoms with Crippen molar-refractivity contribution in [2.24, 2.45) is 11.8 Å². The summed E-state index contributed by atoms with van der Waals surface area (Å²) in [5.74, 6) is 1.93. The molecule has 0 nitrogen and oxygen atoms in total. The second-order valence-electron chi connectivity index (χ2n) is 4.73. The van der Waals surface area contributed by atoms with Gasteiger partial charge in [-0.3, -0.25) is 0 Å². The zero-order valence-corrected chi connectivity index (χ0v) is 14.6. The molecule has 1 atom stereocenters. The van der Waals surface area contributed by atoms with Crippen LogP contribution in [0.15, 0.2) is 12.2 Å². The van der Waals surface area contributed by atoms with E-state index < -0.39 is 0 Å². The maximum Gasteiger partial charge on any atom is -0.0259 e. The van der Waals surface area contributed by atoms with Crippen LogP contribution in [0.3, 0.4) is 0 Å². The Morgan fingerprint density at radius 2 is 1.26 bits per heavy atom. The van der Waals surface area contributed by atoms with Crippen LogP contribution in [-0.4, -0.2) is 0 Å². The minimum atomic E-state index is 0. The van der Waals surface area contributed by atoms with Gasteiger partial charge < -0.3 is 0 Å². The van der Waals surface area contributed by atoms with E-state index in [1.165, 1.54) is 38.5 Å². The SMILES string of the molecule is C.CC.CC.CC1C=CCC1.CC1CCC1.CCC. The third kappa shape index (κ3) is 27.1. The molecule has 0 heteroatoms. The summed E-state index contributed by atoms with van der Waals surface area (Å²) in [6.45, 7) is 16.8. The van der Waals surface area contributed by atoms with Crippen LogP contribution >= 0.6 is 0 Å². The van der Waals surface area contributed by atoms with Crippen molar-refractivity contribution >= 4 is 0 Å². The van der Waals surface area contributed by atoms with Crippen LogP contribution in [0.1, 0.15) is 101 Å². The first-order valence-corrected chi connectivity index (χ1v) is 8.37. The Morgan fingerprint density at radius 3 is 1.32 bits per heavy atom. The van der Waals surface area contributed by atoms with Crippen LogP contribution in [0.4, 0.5) is 0 Å². The molecule has 0 N–H and O–H groups in total. The van der Waals surface area contributed by atoms with Gasteiger partial charge in [0.15, 0.2) is 0 Å². The average molecular weight is 273 g/mol. The van der Waals surface area contributed by atoms with Gasteiger partial charge in [-0.25, -0.2) is 0 Å². The number of rotatable bonds is 0. The van der Waals surface area contributed by atoms with Crippen LogP contribution < -0.4 is 0 Å². The van der Waals surface area contributed by atoms with Crippen molar-refractivity contribution in [3.63, 3.8) is 0 Å². The molecule has 0 aromatic carbocycles. The second kappa shape index (κ2) is 26.3. The molecule has 0 heterocycles. The van der Waals surface area contributed by atoms with Crippen LogP contribution in [-0.2, 0) is 0 Å².